The lowest BCUT2D eigenvalue weighted by atomic mass is 9.99. The Hall–Kier alpha value is -7.21. The van der Waals surface area contributed by atoms with Gasteiger partial charge in [-0.05, 0) is 64.7 Å². The number of nitrogens with zero attached hydrogens (tertiary/aromatic N) is 4. The molecule has 0 spiro atoms. The first kappa shape index (κ1) is 23.5. The Bertz CT molecular complexity index is 3750. The van der Waals surface area contributed by atoms with Crippen LogP contribution in [0.15, 0.2) is 194 Å². The molecule has 0 aliphatic rings. The fraction of sp³-hybridized carbons (Fsp3) is 0. The molecule has 0 aliphatic carbocycles. The van der Waals surface area contributed by atoms with Crippen molar-refractivity contribution in [3.8, 4) is 62.1 Å². The molecule has 5 heteroatoms. The predicted octanol–water partition coefficient (Wildman–Crippen LogP) is 13.7. The molecule has 11 aromatic rings. The van der Waals surface area contributed by atoms with Crippen LogP contribution >= 0.6 is 11.3 Å². The Balaban J connectivity index is 1.10. The normalized spacial score (nSPS) is 14.1. The van der Waals surface area contributed by atoms with Gasteiger partial charge in [0.25, 0.3) is 0 Å². The first-order valence-corrected chi connectivity index (χ1v) is 18.8. The van der Waals surface area contributed by atoms with Gasteiger partial charge in [-0.2, -0.15) is 0 Å². The van der Waals surface area contributed by atoms with Crippen LogP contribution in [-0.4, -0.2) is 19.5 Å². The summed E-state index contributed by atoms with van der Waals surface area (Å²) in [6, 6.07) is 39.2. The van der Waals surface area contributed by atoms with Gasteiger partial charge in [0, 0.05) is 47.6 Å². The SMILES string of the molecule is [2H]c1c([2H])c([2H])c(-c2ccc3sc4c(-c5cccc(-c6nc(-c7ccccc7-n7c8ccccc8c8ccccc87)nc(-c7c([2H])c([2H])c([2H])c([2H])c7[2H])n6)c5)cccc4c3c2)c([2H])c1[2H]. The smallest absolute Gasteiger partial charge is 0.166 e. The van der Waals surface area contributed by atoms with Crippen molar-refractivity contribution in [1.29, 1.82) is 0 Å². The summed E-state index contributed by atoms with van der Waals surface area (Å²) in [5.74, 6) is 0.398. The zero-order valence-electron chi connectivity index (χ0n) is 39.4. The van der Waals surface area contributed by atoms with Crippen molar-refractivity contribution >= 4 is 53.3 Å². The van der Waals surface area contributed by atoms with Crippen LogP contribution < -0.4 is 0 Å². The quantitative estimate of drug-likeness (QED) is 0.170. The zero-order chi connectivity index (χ0) is 45.7. The molecule has 0 radical (unpaired) electrons. The molecule has 0 unspecified atom stereocenters. The number of aromatic nitrogens is 4. The summed E-state index contributed by atoms with van der Waals surface area (Å²) < 4.78 is 89.0. The van der Waals surface area contributed by atoms with Gasteiger partial charge in [-0.25, -0.2) is 15.0 Å². The van der Waals surface area contributed by atoms with Crippen LogP contribution in [0.4, 0.5) is 0 Å². The van der Waals surface area contributed by atoms with Crippen molar-refractivity contribution in [2.45, 2.75) is 0 Å². The molecule has 0 N–H and O–H groups in total. The largest absolute Gasteiger partial charge is 0.309 e. The summed E-state index contributed by atoms with van der Waals surface area (Å²) in [5, 5.41) is 3.95. The molecule has 56 heavy (non-hydrogen) atoms. The van der Waals surface area contributed by atoms with Gasteiger partial charge < -0.3 is 4.57 Å². The van der Waals surface area contributed by atoms with Crippen LogP contribution in [0.3, 0.4) is 0 Å². The van der Waals surface area contributed by atoms with Gasteiger partial charge in [0.1, 0.15) is 0 Å². The second-order valence-corrected chi connectivity index (χ2v) is 14.3. The lowest BCUT2D eigenvalue weighted by molar-refractivity contribution is 1.06. The van der Waals surface area contributed by atoms with E-state index in [1.165, 1.54) is 0 Å². The van der Waals surface area contributed by atoms with Crippen LogP contribution in [0.1, 0.15) is 13.7 Å². The standard InChI is InChI=1S/C51H32N4S/c1-3-15-33(16-4-1)35-29-30-47-43(32-35)41-25-14-24-38(48(41)56-47)36-19-13-20-37(31-36)50-52-49(34-17-5-2-6-18-34)53-51(54-50)42-23-9-12-28-46(42)55-44-26-10-7-21-39(44)40-22-8-11-27-45(40)55/h1-32H/i1D,2D,3D,4D,5D,6D,15D,16D,17D,18D. The van der Waals surface area contributed by atoms with Crippen molar-refractivity contribution in [2.75, 3.05) is 0 Å². The summed E-state index contributed by atoms with van der Waals surface area (Å²) in [6.45, 7) is 0. The van der Waals surface area contributed by atoms with E-state index in [4.69, 9.17) is 28.7 Å². The van der Waals surface area contributed by atoms with E-state index in [2.05, 4.69) is 28.8 Å². The van der Waals surface area contributed by atoms with E-state index in [1.54, 1.807) is 17.4 Å². The average molecular weight is 743 g/mol. The highest BCUT2D eigenvalue weighted by molar-refractivity contribution is 7.26. The van der Waals surface area contributed by atoms with Gasteiger partial charge >= 0.3 is 0 Å². The maximum absolute atomic E-state index is 8.92. The van der Waals surface area contributed by atoms with Crippen molar-refractivity contribution in [3.05, 3.63) is 194 Å². The molecule has 3 heterocycles. The predicted molar refractivity (Wildman–Crippen MR) is 234 cm³/mol. The molecule has 8 aromatic carbocycles. The van der Waals surface area contributed by atoms with Gasteiger partial charge in [-0.3, -0.25) is 0 Å². The molecule has 262 valence electrons. The zero-order valence-corrected chi connectivity index (χ0v) is 30.2. The molecular weight excluding hydrogens is 701 g/mol. The molecule has 11 rings (SSSR count). The Labute approximate surface area is 341 Å². The van der Waals surface area contributed by atoms with E-state index in [-0.39, 0.29) is 52.8 Å². The third-order valence-electron chi connectivity index (χ3n) is 10.0. The fourth-order valence-corrected chi connectivity index (χ4v) is 8.76. The van der Waals surface area contributed by atoms with E-state index in [1.807, 2.05) is 103 Å². The van der Waals surface area contributed by atoms with Crippen LogP contribution in [0, 0.1) is 0 Å². The maximum atomic E-state index is 8.92. The summed E-state index contributed by atoms with van der Waals surface area (Å²) in [5.41, 5.74) is 6.23. The number of thiophene rings is 1. The minimum atomic E-state index is -0.520. The van der Waals surface area contributed by atoms with Gasteiger partial charge in [-0.15, -0.1) is 11.3 Å². The lowest BCUT2D eigenvalue weighted by Crippen LogP contribution is -2.03. The average Bonchev–Trinajstić information content (AvgIpc) is 3.89. The second-order valence-electron chi connectivity index (χ2n) is 13.3. The van der Waals surface area contributed by atoms with Crippen LogP contribution in [-0.2, 0) is 0 Å². The van der Waals surface area contributed by atoms with Gasteiger partial charge in [-0.1, -0.05) is 151 Å². The number of fused-ring (bicyclic) bond motifs is 6. The number of para-hydroxylation sites is 3. The van der Waals surface area contributed by atoms with E-state index in [0.29, 0.717) is 16.7 Å². The van der Waals surface area contributed by atoms with E-state index >= 15 is 0 Å². The molecule has 0 atom stereocenters. The van der Waals surface area contributed by atoms with Crippen molar-refractivity contribution in [2.24, 2.45) is 0 Å². The van der Waals surface area contributed by atoms with Gasteiger partial charge in [0.2, 0.25) is 0 Å². The molecule has 0 saturated heterocycles. The minimum absolute atomic E-state index is 0.0732. The van der Waals surface area contributed by atoms with E-state index in [9.17, 15) is 0 Å². The Morgan fingerprint density at radius 1 is 0.411 bits per heavy atom. The van der Waals surface area contributed by atoms with E-state index < -0.39 is 36.3 Å². The summed E-state index contributed by atoms with van der Waals surface area (Å²) in [7, 11) is 0. The van der Waals surface area contributed by atoms with Crippen LogP contribution in [0.5, 0.6) is 0 Å². The molecule has 0 aliphatic heterocycles. The lowest BCUT2D eigenvalue weighted by Gasteiger charge is -2.14. The second kappa shape index (κ2) is 13.3. The van der Waals surface area contributed by atoms with Gasteiger partial charge in [0.05, 0.1) is 30.4 Å². The topological polar surface area (TPSA) is 43.6 Å². The molecule has 0 fully saturated rings. The maximum Gasteiger partial charge on any atom is 0.166 e. The number of benzene rings is 8. The van der Waals surface area contributed by atoms with Crippen molar-refractivity contribution in [1.82, 2.24) is 19.5 Å². The monoisotopic (exact) mass is 742 g/mol. The summed E-state index contributed by atoms with van der Waals surface area (Å²) in [4.78, 5) is 14.9. The number of hydrogen-bond acceptors (Lipinski definition) is 4. The Kier molecular flexibility index (Phi) is 5.58. The molecule has 0 saturated carbocycles. The minimum Gasteiger partial charge on any atom is -0.309 e. The fourth-order valence-electron chi connectivity index (χ4n) is 7.54. The molecule has 0 bridgehead atoms. The van der Waals surface area contributed by atoms with E-state index in [0.717, 1.165) is 58.8 Å². The Morgan fingerprint density at radius 2 is 1.00 bits per heavy atom. The summed E-state index contributed by atoms with van der Waals surface area (Å²) >= 11 is 1.58. The van der Waals surface area contributed by atoms with Gasteiger partial charge in [0.15, 0.2) is 17.5 Å². The highest BCUT2D eigenvalue weighted by Crippen LogP contribution is 2.42. The molecular formula is C51H32N4S. The highest BCUT2D eigenvalue weighted by Gasteiger charge is 2.19. The Morgan fingerprint density at radius 3 is 1.77 bits per heavy atom. The number of rotatable bonds is 6. The first-order valence-electron chi connectivity index (χ1n) is 23.0. The molecule has 4 nitrogen and oxygen atoms in total. The van der Waals surface area contributed by atoms with Crippen molar-refractivity contribution in [3.63, 3.8) is 0 Å². The highest BCUT2D eigenvalue weighted by atomic mass is 32.1. The molecule has 3 aromatic heterocycles. The van der Waals surface area contributed by atoms with Crippen LogP contribution in [0.25, 0.3) is 104 Å². The third-order valence-corrected chi connectivity index (χ3v) is 11.3. The van der Waals surface area contributed by atoms with Crippen molar-refractivity contribution < 1.29 is 13.7 Å². The molecule has 0 amide bonds. The van der Waals surface area contributed by atoms with Crippen LogP contribution in [0.2, 0.25) is 0 Å². The first-order chi connectivity index (χ1) is 31.9. The third kappa shape index (κ3) is 5.40. The summed E-state index contributed by atoms with van der Waals surface area (Å²) in [6.07, 6.45) is 0. The number of hydrogen-bond donors (Lipinski definition) is 0.